The summed E-state index contributed by atoms with van der Waals surface area (Å²) in [5.41, 5.74) is 3.54. The molecule has 3 rings (SSSR count). The zero-order valence-electron chi connectivity index (χ0n) is 10.6. The minimum Gasteiger partial charge on any atom is -0.302 e. The summed E-state index contributed by atoms with van der Waals surface area (Å²) in [4.78, 5) is 4.65. The van der Waals surface area contributed by atoms with Crippen molar-refractivity contribution in [2.24, 2.45) is 0 Å². The van der Waals surface area contributed by atoms with Crippen molar-refractivity contribution in [1.29, 1.82) is 0 Å². The summed E-state index contributed by atoms with van der Waals surface area (Å²) in [7, 11) is 0. The summed E-state index contributed by atoms with van der Waals surface area (Å²) in [6, 6.07) is 11.3. The molecule has 2 nitrogen and oxygen atoms in total. The normalized spacial score (nSPS) is 12.8. The van der Waals surface area contributed by atoms with Crippen LogP contribution in [0.25, 0.3) is 16.9 Å². The molecule has 102 valence electrons. The standard InChI is InChI=1S/C15H11Cl3N2/c1-9(16)15-14(10-5-6-11(17)12(18)8-10)19-13-4-2-3-7-20(13)15/h2-9H,1H3. The first kappa shape index (κ1) is 13.7. The van der Waals surface area contributed by atoms with Crippen molar-refractivity contribution in [2.45, 2.75) is 12.3 Å². The number of imidazole rings is 1. The molecule has 3 aromatic rings. The highest BCUT2D eigenvalue weighted by Crippen LogP contribution is 2.34. The van der Waals surface area contributed by atoms with E-state index in [0.29, 0.717) is 10.0 Å². The summed E-state index contributed by atoms with van der Waals surface area (Å²) in [5.74, 6) is 0. The summed E-state index contributed by atoms with van der Waals surface area (Å²) in [5, 5.41) is 0.867. The zero-order valence-corrected chi connectivity index (χ0v) is 12.9. The number of hydrogen-bond acceptors (Lipinski definition) is 1. The largest absolute Gasteiger partial charge is 0.302 e. The molecule has 0 N–H and O–H groups in total. The van der Waals surface area contributed by atoms with Crippen molar-refractivity contribution < 1.29 is 0 Å². The van der Waals surface area contributed by atoms with Crippen molar-refractivity contribution in [1.82, 2.24) is 9.38 Å². The van der Waals surface area contributed by atoms with Gasteiger partial charge in [0, 0.05) is 11.8 Å². The molecule has 0 amide bonds. The van der Waals surface area contributed by atoms with Gasteiger partial charge in [0.15, 0.2) is 0 Å². The molecular formula is C15H11Cl3N2. The molecule has 20 heavy (non-hydrogen) atoms. The Kier molecular flexibility index (Phi) is 3.63. The van der Waals surface area contributed by atoms with Crippen LogP contribution in [-0.2, 0) is 0 Å². The quantitative estimate of drug-likeness (QED) is 0.560. The fourth-order valence-corrected chi connectivity index (χ4v) is 2.76. The molecule has 0 aliphatic carbocycles. The number of fused-ring (bicyclic) bond motifs is 1. The van der Waals surface area contributed by atoms with Crippen molar-refractivity contribution in [3.63, 3.8) is 0 Å². The lowest BCUT2D eigenvalue weighted by Crippen LogP contribution is -1.94. The van der Waals surface area contributed by atoms with E-state index < -0.39 is 0 Å². The molecule has 0 radical (unpaired) electrons. The smallest absolute Gasteiger partial charge is 0.137 e. The van der Waals surface area contributed by atoms with Gasteiger partial charge in [0.1, 0.15) is 5.65 Å². The first-order chi connectivity index (χ1) is 9.58. The minimum atomic E-state index is -0.170. The molecule has 1 unspecified atom stereocenters. The molecule has 1 atom stereocenters. The summed E-state index contributed by atoms with van der Waals surface area (Å²) >= 11 is 18.4. The van der Waals surface area contributed by atoms with E-state index in [9.17, 15) is 0 Å². The van der Waals surface area contributed by atoms with Crippen LogP contribution < -0.4 is 0 Å². The van der Waals surface area contributed by atoms with Crippen molar-refractivity contribution >= 4 is 40.4 Å². The number of hydrogen-bond donors (Lipinski definition) is 0. The molecular weight excluding hydrogens is 315 g/mol. The maximum absolute atomic E-state index is 6.33. The van der Waals surface area contributed by atoms with E-state index in [1.54, 1.807) is 6.07 Å². The van der Waals surface area contributed by atoms with Gasteiger partial charge in [-0.2, -0.15) is 0 Å². The van der Waals surface area contributed by atoms with E-state index in [0.717, 1.165) is 22.6 Å². The van der Waals surface area contributed by atoms with Crippen molar-refractivity contribution in [2.75, 3.05) is 0 Å². The molecule has 0 bridgehead atoms. The van der Waals surface area contributed by atoms with Gasteiger partial charge in [0.2, 0.25) is 0 Å². The Bertz CT molecular complexity index is 778. The molecule has 0 aliphatic rings. The first-order valence-electron chi connectivity index (χ1n) is 6.14. The number of alkyl halides is 1. The highest BCUT2D eigenvalue weighted by Gasteiger charge is 2.18. The lowest BCUT2D eigenvalue weighted by molar-refractivity contribution is 0.965. The summed E-state index contributed by atoms with van der Waals surface area (Å²) in [6.07, 6.45) is 1.96. The Morgan fingerprint density at radius 3 is 2.60 bits per heavy atom. The van der Waals surface area contributed by atoms with Crippen LogP contribution in [0, 0.1) is 0 Å². The van der Waals surface area contributed by atoms with Crippen LogP contribution in [0.2, 0.25) is 10.0 Å². The minimum absolute atomic E-state index is 0.170. The second kappa shape index (κ2) is 5.28. The van der Waals surface area contributed by atoms with Crippen molar-refractivity contribution in [3.05, 3.63) is 58.3 Å². The highest BCUT2D eigenvalue weighted by molar-refractivity contribution is 6.42. The monoisotopic (exact) mass is 324 g/mol. The predicted molar refractivity (Wildman–Crippen MR) is 84.9 cm³/mol. The number of benzene rings is 1. The number of halogens is 3. The van der Waals surface area contributed by atoms with Gasteiger partial charge in [-0.15, -0.1) is 11.6 Å². The van der Waals surface area contributed by atoms with Crippen molar-refractivity contribution in [3.8, 4) is 11.3 Å². The van der Waals surface area contributed by atoms with E-state index in [1.165, 1.54) is 0 Å². The SMILES string of the molecule is CC(Cl)c1c(-c2ccc(Cl)c(Cl)c2)nc2ccccn12. The fourth-order valence-electron chi connectivity index (χ4n) is 2.25. The molecule has 5 heteroatoms. The average Bonchev–Trinajstić information content (AvgIpc) is 2.81. The van der Waals surface area contributed by atoms with Crippen LogP contribution in [-0.4, -0.2) is 9.38 Å². The van der Waals surface area contributed by atoms with E-state index >= 15 is 0 Å². The van der Waals surface area contributed by atoms with Gasteiger partial charge in [-0.1, -0.05) is 35.3 Å². The third kappa shape index (κ3) is 2.28. The molecule has 2 aromatic heterocycles. The number of rotatable bonds is 2. The second-order valence-corrected chi connectivity index (χ2v) is 5.99. The highest BCUT2D eigenvalue weighted by atomic mass is 35.5. The Morgan fingerprint density at radius 2 is 1.90 bits per heavy atom. The Hall–Kier alpha value is -1.22. The van der Waals surface area contributed by atoms with E-state index in [4.69, 9.17) is 34.8 Å². The van der Waals surface area contributed by atoms with Crippen LogP contribution in [0.4, 0.5) is 0 Å². The number of aromatic nitrogens is 2. The predicted octanol–water partition coefficient (Wildman–Crippen LogP) is 5.61. The molecule has 0 spiro atoms. The lowest BCUT2D eigenvalue weighted by Gasteiger charge is -2.07. The summed E-state index contributed by atoms with van der Waals surface area (Å²) in [6.45, 7) is 1.93. The van der Waals surface area contributed by atoms with Gasteiger partial charge in [-0.05, 0) is 31.2 Å². The molecule has 1 aromatic carbocycles. The van der Waals surface area contributed by atoms with Crippen LogP contribution in [0.1, 0.15) is 18.0 Å². The van der Waals surface area contributed by atoms with Gasteiger partial charge in [-0.3, -0.25) is 0 Å². The lowest BCUT2D eigenvalue weighted by atomic mass is 10.1. The Labute approximate surface area is 131 Å². The number of pyridine rings is 1. The van der Waals surface area contributed by atoms with Crippen LogP contribution >= 0.6 is 34.8 Å². The zero-order chi connectivity index (χ0) is 14.3. The third-order valence-electron chi connectivity index (χ3n) is 3.14. The third-order valence-corrected chi connectivity index (χ3v) is 4.08. The van der Waals surface area contributed by atoms with Gasteiger partial charge in [0.25, 0.3) is 0 Å². The van der Waals surface area contributed by atoms with E-state index in [2.05, 4.69) is 4.98 Å². The maximum atomic E-state index is 6.33. The summed E-state index contributed by atoms with van der Waals surface area (Å²) < 4.78 is 2.00. The van der Waals surface area contributed by atoms with Gasteiger partial charge in [0.05, 0.1) is 26.8 Å². The molecule has 0 saturated carbocycles. The Morgan fingerprint density at radius 1 is 1.10 bits per heavy atom. The molecule has 0 aliphatic heterocycles. The van der Waals surface area contributed by atoms with Gasteiger partial charge >= 0.3 is 0 Å². The maximum Gasteiger partial charge on any atom is 0.137 e. The van der Waals surface area contributed by atoms with E-state index in [-0.39, 0.29) is 5.38 Å². The van der Waals surface area contributed by atoms with Crippen LogP contribution in [0.15, 0.2) is 42.6 Å². The fraction of sp³-hybridized carbons (Fsp3) is 0.133. The number of nitrogens with zero attached hydrogens (tertiary/aromatic N) is 2. The Balaban J connectivity index is 2.29. The molecule has 0 fully saturated rings. The van der Waals surface area contributed by atoms with Crippen LogP contribution in [0.3, 0.4) is 0 Å². The molecule has 2 heterocycles. The first-order valence-corrected chi connectivity index (χ1v) is 7.33. The average molecular weight is 326 g/mol. The molecule has 0 saturated heterocycles. The van der Waals surface area contributed by atoms with Gasteiger partial charge < -0.3 is 4.40 Å². The van der Waals surface area contributed by atoms with Crippen LogP contribution in [0.5, 0.6) is 0 Å². The topological polar surface area (TPSA) is 17.3 Å². The van der Waals surface area contributed by atoms with Gasteiger partial charge in [-0.25, -0.2) is 4.98 Å². The second-order valence-electron chi connectivity index (χ2n) is 4.52. The van der Waals surface area contributed by atoms with E-state index in [1.807, 2.05) is 47.9 Å².